The van der Waals surface area contributed by atoms with Crippen molar-refractivity contribution < 1.29 is 4.79 Å². The Morgan fingerprint density at radius 2 is 1.73 bits per heavy atom. The zero-order chi connectivity index (χ0) is 23.0. The van der Waals surface area contributed by atoms with Gasteiger partial charge in [-0.2, -0.15) is 0 Å². The quantitative estimate of drug-likeness (QED) is 0.526. The number of pyridine rings is 1. The van der Waals surface area contributed by atoms with Crippen LogP contribution in [-0.4, -0.2) is 56.8 Å². The molecule has 172 valence electrons. The van der Waals surface area contributed by atoms with E-state index in [4.69, 9.17) is 0 Å². The first-order valence-corrected chi connectivity index (χ1v) is 12.0. The number of aromatic nitrogens is 3. The Morgan fingerprint density at radius 1 is 0.939 bits per heavy atom. The summed E-state index contributed by atoms with van der Waals surface area (Å²) in [7, 11) is 0. The zero-order valence-corrected chi connectivity index (χ0v) is 19.7. The molecule has 0 spiro atoms. The molecule has 3 heterocycles. The lowest BCUT2D eigenvalue weighted by molar-refractivity contribution is -0.134. The Labute approximate surface area is 196 Å². The topological polar surface area (TPSA) is 62.2 Å². The monoisotopic (exact) mass is 443 g/mol. The second-order valence-corrected chi connectivity index (χ2v) is 8.76. The van der Waals surface area contributed by atoms with Gasteiger partial charge >= 0.3 is 0 Å². The first kappa shape index (κ1) is 23.1. The van der Waals surface area contributed by atoms with Crippen molar-refractivity contribution in [1.29, 1.82) is 0 Å². The van der Waals surface area contributed by atoms with Gasteiger partial charge < -0.3 is 4.90 Å². The number of amides is 1. The van der Waals surface area contributed by atoms with Gasteiger partial charge in [0, 0.05) is 69.5 Å². The summed E-state index contributed by atoms with van der Waals surface area (Å²) in [6.45, 7) is 8.18. The van der Waals surface area contributed by atoms with Gasteiger partial charge in [-0.25, -0.2) is 9.97 Å². The Morgan fingerprint density at radius 3 is 2.39 bits per heavy atom. The summed E-state index contributed by atoms with van der Waals surface area (Å²) in [4.78, 5) is 30.9. The van der Waals surface area contributed by atoms with Gasteiger partial charge in [-0.15, -0.1) is 0 Å². The van der Waals surface area contributed by atoms with Crippen LogP contribution in [0.2, 0.25) is 0 Å². The van der Waals surface area contributed by atoms with E-state index < -0.39 is 0 Å². The highest BCUT2D eigenvalue weighted by Crippen LogP contribution is 2.22. The van der Waals surface area contributed by atoms with E-state index in [1.165, 1.54) is 5.56 Å². The van der Waals surface area contributed by atoms with E-state index >= 15 is 0 Å². The van der Waals surface area contributed by atoms with Crippen LogP contribution in [0, 0.1) is 5.92 Å². The fraction of sp³-hybridized carbons (Fsp3) is 0.407. The maximum absolute atomic E-state index is 13.4. The molecule has 6 heteroatoms. The van der Waals surface area contributed by atoms with E-state index in [9.17, 15) is 4.79 Å². The first-order valence-electron chi connectivity index (χ1n) is 12.0. The van der Waals surface area contributed by atoms with E-state index in [2.05, 4.69) is 64.0 Å². The van der Waals surface area contributed by atoms with Crippen LogP contribution in [0.15, 0.2) is 61.2 Å². The predicted octanol–water partition coefficient (Wildman–Crippen LogP) is 4.01. The van der Waals surface area contributed by atoms with Crippen molar-refractivity contribution in [2.45, 2.75) is 39.7 Å². The molecule has 3 aromatic rings. The molecule has 0 N–H and O–H groups in total. The molecule has 1 fully saturated rings. The maximum atomic E-state index is 13.4. The Kier molecular flexibility index (Phi) is 7.79. The van der Waals surface area contributed by atoms with Crippen LogP contribution >= 0.6 is 0 Å². The average Bonchev–Trinajstić information content (AvgIpc) is 3.00. The Hall–Kier alpha value is -3.12. The molecule has 1 aliphatic heterocycles. The van der Waals surface area contributed by atoms with Crippen molar-refractivity contribution in [3.63, 3.8) is 0 Å². The van der Waals surface area contributed by atoms with Crippen LogP contribution in [0.5, 0.6) is 0 Å². The van der Waals surface area contributed by atoms with E-state index in [0.717, 1.165) is 74.5 Å². The number of nitrogens with zero attached hydrogens (tertiary/aromatic N) is 5. The number of carbonyl (C=O) groups excluding carboxylic acids is 1. The lowest BCUT2D eigenvalue weighted by atomic mass is 9.96. The fourth-order valence-corrected chi connectivity index (χ4v) is 4.45. The number of rotatable bonds is 8. The minimum absolute atomic E-state index is 0.0564. The van der Waals surface area contributed by atoms with Crippen molar-refractivity contribution in [2.75, 3.05) is 26.2 Å². The number of hydrogen-bond acceptors (Lipinski definition) is 5. The summed E-state index contributed by atoms with van der Waals surface area (Å²) in [5, 5.41) is 0. The third-order valence-corrected chi connectivity index (χ3v) is 6.23. The van der Waals surface area contributed by atoms with Crippen molar-refractivity contribution in [1.82, 2.24) is 24.8 Å². The normalized spacial score (nSPS) is 17.2. The highest BCUT2D eigenvalue weighted by molar-refractivity contribution is 5.79. The molecule has 0 radical (unpaired) electrons. The number of hydrogen-bond donors (Lipinski definition) is 0. The van der Waals surface area contributed by atoms with Crippen LogP contribution < -0.4 is 0 Å². The molecule has 1 amide bonds. The molecule has 6 nitrogen and oxygen atoms in total. The molecule has 1 atom stereocenters. The molecule has 0 aliphatic carbocycles. The van der Waals surface area contributed by atoms with Crippen LogP contribution in [-0.2, 0) is 24.2 Å². The number of benzene rings is 1. The van der Waals surface area contributed by atoms with Gasteiger partial charge in [0.15, 0.2) is 0 Å². The molecule has 0 bridgehead atoms. The standard InChI is InChI=1S/C27H33N5O/c1-3-12-32-14-13-31(19-22-16-29-26(4-2)30-17-22)20-25(27(32)33)15-21-7-9-23(10-8-21)24-6-5-11-28-18-24/h5-11,16-18,25H,3-4,12-15,19-20H2,1-2H3/t25-/m1/s1. The van der Waals surface area contributed by atoms with Crippen LogP contribution in [0.4, 0.5) is 0 Å². The lowest BCUT2D eigenvalue weighted by Gasteiger charge is -2.24. The Balaban J connectivity index is 1.48. The van der Waals surface area contributed by atoms with Gasteiger partial charge in [-0.3, -0.25) is 14.7 Å². The molecule has 2 aromatic heterocycles. The SMILES string of the molecule is CCCN1CCN(Cc2cnc(CC)nc2)C[C@@H](Cc2ccc(-c3cccnc3)cc2)C1=O. The molecular formula is C27H33N5O. The maximum Gasteiger partial charge on any atom is 0.227 e. The number of carbonyl (C=O) groups is 1. The molecule has 0 unspecified atom stereocenters. The van der Waals surface area contributed by atoms with E-state index in [-0.39, 0.29) is 11.8 Å². The van der Waals surface area contributed by atoms with Gasteiger partial charge in [0.1, 0.15) is 5.82 Å². The summed E-state index contributed by atoms with van der Waals surface area (Å²) in [6, 6.07) is 12.6. The molecular weight excluding hydrogens is 410 g/mol. The number of aryl methyl sites for hydroxylation is 1. The van der Waals surface area contributed by atoms with Crippen LogP contribution in [0.1, 0.15) is 37.2 Å². The lowest BCUT2D eigenvalue weighted by Crippen LogP contribution is -2.37. The third-order valence-electron chi connectivity index (χ3n) is 6.23. The summed E-state index contributed by atoms with van der Waals surface area (Å²) < 4.78 is 0. The van der Waals surface area contributed by atoms with Gasteiger partial charge in [-0.1, -0.05) is 44.2 Å². The average molecular weight is 444 g/mol. The first-order chi connectivity index (χ1) is 16.2. The van der Waals surface area contributed by atoms with Gasteiger partial charge in [0.2, 0.25) is 5.91 Å². The smallest absolute Gasteiger partial charge is 0.227 e. The van der Waals surface area contributed by atoms with E-state index in [0.29, 0.717) is 0 Å². The molecule has 1 saturated heterocycles. The summed E-state index contributed by atoms with van der Waals surface area (Å²) in [6.07, 6.45) is 10.1. The molecule has 4 rings (SSSR count). The molecule has 1 aromatic carbocycles. The van der Waals surface area contributed by atoms with Crippen molar-refractivity contribution in [3.8, 4) is 11.1 Å². The second-order valence-electron chi connectivity index (χ2n) is 8.76. The van der Waals surface area contributed by atoms with Crippen molar-refractivity contribution >= 4 is 5.91 Å². The van der Waals surface area contributed by atoms with Gasteiger partial charge in [-0.05, 0) is 35.6 Å². The zero-order valence-electron chi connectivity index (χ0n) is 19.7. The highest BCUT2D eigenvalue weighted by atomic mass is 16.2. The van der Waals surface area contributed by atoms with Crippen LogP contribution in [0.3, 0.4) is 0 Å². The van der Waals surface area contributed by atoms with E-state index in [1.54, 1.807) is 6.20 Å². The Bertz CT molecular complexity index is 1020. The highest BCUT2D eigenvalue weighted by Gasteiger charge is 2.30. The van der Waals surface area contributed by atoms with Crippen molar-refractivity contribution in [2.24, 2.45) is 5.92 Å². The van der Waals surface area contributed by atoms with Gasteiger partial charge in [0.05, 0.1) is 5.92 Å². The third kappa shape index (κ3) is 6.02. The minimum atomic E-state index is -0.0564. The largest absolute Gasteiger partial charge is 0.341 e. The van der Waals surface area contributed by atoms with Crippen molar-refractivity contribution in [3.05, 3.63) is 78.1 Å². The molecule has 33 heavy (non-hydrogen) atoms. The minimum Gasteiger partial charge on any atom is -0.341 e. The predicted molar refractivity (Wildman–Crippen MR) is 130 cm³/mol. The molecule has 0 saturated carbocycles. The molecule has 1 aliphatic rings. The van der Waals surface area contributed by atoms with Gasteiger partial charge in [0.25, 0.3) is 0 Å². The summed E-state index contributed by atoms with van der Waals surface area (Å²) in [5.74, 6) is 1.08. The summed E-state index contributed by atoms with van der Waals surface area (Å²) >= 11 is 0. The van der Waals surface area contributed by atoms with E-state index in [1.807, 2.05) is 29.6 Å². The summed E-state index contributed by atoms with van der Waals surface area (Å²) in [5.41, 5.74) is 4.54. The fourth-order valence-electron chi connectivity index (χ4n) is 4.45. The second kappa shape index (κ2) is 11.1. The van der Waals surface area contributed by atoms with Crippen LogP contribution in [0.25, 0.3) is 11.1 Å².